The van der Waals surface area contributed by atoms with Gasteiger partial charge in [-0.25, -0.2) is 0 Å². The minimum Gasteiger partial charge on any atom is -0.255 e. The molecule has 1 fully saturated rings. The minimum atomic E-state index is 0.333. The molecule has 1 saturated carbocycles. The fourth-order valence-corrected chi connectivity index (χ4v) is 0.0833. The normalized spacial score (nSPS) is 26.2. The van der Waals surface area contributed by atoms with Crippen LogP contribution in [0.5, 0.6) is 0 Å². The van der Waals surface area contributed by atoms with Crippen LogP contribution in [0.4, 0.5) is 0 Å². The van der Waals surface area contributed by atoms with Gasteiger partial charge in [-0.05, 0) is 12.8 Å². The van der Waals surface area contributed by atoms with Crippen LogP contribution in [0.3, 0.4) is 0 Å². The molecule has 0 atom stereocenters. The predicted octanol–water partition coefficient (Wildman–Crippen LogP) is 0.432. The summed E-state index contributed by atoms with van der Waals surface area (Å²) >= 11 is 0. The van der Waals surface area contributed by atoms with Crippen molar-refractivity contribution in [2.24, 2.45) is 0 Å². The molecule has 0 amide bonds. The number of hydrogen-bond donors (Lipinski definition) is 0. The van der Waals surface area contributed by atoms with Crippen molar-refractivity contribution in [1.82, 2.24) is 5.73 Å². The van der Waals surface area contributed by atoms with Gasteiger partial charge in [0.05, 0.1) is 0 Å². The lowest BCUT2D eigenvalue weighted by Crippen LogP contribution is -1.71. The quantitative estimate of drug-likeness (QED) is 0.384. The van der Waals surface area contributed by atoms with Crippen LogP contribution in [-0.4, -0.2) is 6.04 Å². The second-order valence-electron chi connectivity index (χ2n) is 1.27. The maximum Gasteiger partial charge on any atom is 0.0214 e. The first-order valence-electron chi connectivity index (χ1n) is 1.61. The van der Waals surface area contributed by atoms with E-state index in [1.165, 1.54) is 0 Å². The molecule has 0 spiro atoms. The molecule has 1 aliphatic carbocycles. The van der Waals surface area contributed by atoms with E-state index >= 15 is 0 Å². The van der Waals surface area contributed by atoms with Crippen LogP contribution in [0, 0.1) is 0 Å². The third-order valence-electron chi connectivity index (χ3n) is 0.577. The molecule has 1 nitrogen and oxygen atoms in total. The van der Waals surface area contributed by atoms with E-state index in [1.807, 2.05) is 0 Å². The zero-order chi connectivity index (χ0) is 2.99. The molecule has 0 bridgehead atoms. The van der Waals surface area contributed by atoms with Crippen molar-refractivity contribution in [2.75, 3.05) is 0 Å². The smallest absolute Gasteiger partial charge is 0.0214 e. The van der Waals surface area contributed by atoms with Gasteiger partial charge in [-0.15, -0.1) is 0 Å². The Hall–Kier alpha value is -0.0400. The van der Waals surface area contributed by atoms with Gasteiger partial charge < -0.3 is 0 Å². The Morgan fingerprint density at radius 2 is 1.75 bits per heavy atom. The zero-order valence-electron chi connectivity index (χ0n) is 2.49. The van der Waals surface area contributed by atoms with Crippen LogP contribution in [0.25, 0.3) is 0 Å². The van der Waals surface area contributed by atoms with E-state index in [2.05, 4.69) is 0 Å². The third kappa shape index (κ3) is 0.206. The van der Waals surface area contributed by atoms with Gasteiger partial charge in [0.2, 0.25) is 0 Å². The van der Waals surface area contributed by atoms with E-state index in [0.29, 0.717) is 6.04 Å². The number of rotatable bonds is 0. The van der Waals surface area contributed by atoms with Crippen LogP contribution in [-0.2, 0) is 0 Å². The monoisotopic (exact) mass is 56.1 g/mol. The van der Waals surface area contributed by atoms with Crippen molar-refractivity contribution in [3.8, 4) is 0 Å². The average Bonchev–Trinajstić information content (AvgIpc) is 1.75. The SMILES string of the molecule is [NH]C1CC1. The summed E-state index contributed by atoms with van der Waals surface area (Å²) < 4.78 is 0. The van der Waals surface area contributed by atoms with Gasteiger partial charge in [-0.3, -0.25) is 5.73 Å². The molecular formula is C3H6N. The lowest BCUT2D eigenvalue weighted by atomic mass is 10.8. The van der Waals surface area contributed by atoms with Crippen LogP contribution >= 0.6 is 0 Å². The fourth-order valence-electron chi connectivity index (χ4n) is 0.0833. The van der Waals surface area contributed by atoms with Crippen LogP contribution in [0.2, 0.25) is 0 Å². The second-order valence-corrected chi connectivity index (χ2v) is 1.27. The van der Waals surface area contributed by atoms with Gasteiger partial charge in [-0.1, -0.05) is 0 Å². The summed E-state index contributed by atoms with van der Waals surface area (Å²) in [5, 5.41) is 0. The topological polar surface area (TPSA) is 23.8 Å². The van der Waals surface area contributed by atoms with Gasteiger partial charge in [0.25, 0.3) is 0 Å². The summed E-state index contributed by atoms with van der Waals surface area (Å²) in [4.78, 5) is 0. The Labute approximate surface area is 25.8 Å². The van der Waals surface area contributed by atoms with E-state index in [-0.39, 0.29) is 0 Å². The average molecular weight is 56.1 g/mol. The highest BCUT2D eigenvalue weighted by Gasteiger charge is 2.14. The molecule has 1 radical (unpaired) electrons. The number of hydrogen-bond acceptors (Lipinski definition) is 0. The maximum atomic E-state index is 6.69. The summed E-state index contributed by atoms with van der Waals surface area (Å²) in [6, 6.07) is 0.333. The molecule has 0 aromatic rings. The van der Waals surface area contributed by atoms with Crippen LogP contribution in [0.1, 0.15) is 12.8 Å². The molecule has 0 aromatic heterocycles. The maximum absolute atomic E-state index is 6.69. The minimum absolute atomic E-state index is 0.333. The highest BCUT2D eigenvalue weighted by atomic mass is 14.7. The van der Waals surface area contributed by atoms with Crippen LogP contribution in [0.15, 0.2) is 0 Å². The molecular weight excluding hydrogens is 50.0 g/mol. The van der Waals surface area contributed by atoms with Crippen molar-refractivity contribution < 1.29 is 0 Å². The standard InChI is InChI=1S/C3H6N/c4-3-1-2-3/h3-4H,1-2H2. The molecule has 1 rings (SSSR count). The Kier molecular flexibility index (Phi) is 0.256. The fraction of sp³-hybridized carbons (Fsp3) is 1.00. The van der Waals surface area contributed by atoms with Gasteiger partial charge in [0.15, 0.2) is 0 Å². The van der Waals surface area contributed by atoms with E-state index in [4.69, 9.17) is 5.73 Å². The summed E-state index contributed by atoms with van der Waals surface area (Å²) in [6.45, 7) is 0. The molecule has 0 heterocycles. The number of nitrogens with one attached hydrogen (secondary N) is 1. The van der Waals surface area contributed by atoms with E-state index in [1.54, 1.807) is 0 Å². The molecule has 0 unspecified atom stereocenters. The summed E-state index contributed by atoms with van der Waals surface area (Å²) in [7, 11) is 0. The van der Waals surface area contributed by atoms with Crippen LogP contribution < -0.4 is 5.73 Å². The molecule has 0 aromatic carbocycles. The van der Waals surface area contributed by atoms with Crippen molar-refractivity contribution in [2.45, 2.75) is 18.9 Å². The molecule has 1 N–H and O–H groups in total. The summed E-state index contributed by atoms with van der Waals surface area (Å²) in [5.74, 6) is 0. The molecule has 0 aliphatic heterocycles. The lowest BCUT2D eigenvalue weighted by molar-refractivity contribution is 1.02. The molecule has 4 heavy (non-hydrogen) atoms. The summed E-state index contributed by atoms with van der Waals surface area (Å²) in [6.07, 6.45) is 2.31. The highest BCUT2D eigenvalue weighted by molar-refractivity contribution is 4.74. The molecule has 1 aliphatic rings. The van der Waals surface area contributed by atoms with E-state index in [9.17, 15) is 0 Å². The van der Waals surface area contributed by atoms with Crippen molar-refractivity contribution in [3.63, 3.8) is 0 Å². The van der Waals surface area contributed by atoms with E-state index < -0.39 is 0 Å². The largest absolute Gasteiger partial charge is 0.255 e. The Balaban J connectivity index is 2.17. The molecule has 0 saturated heterocycles. The Morgan fingerprint density at radius 1 is 1.50 bits per heavy atom. The van der Waals surface area contributed by atoms with Crippen molar-refractivity contribution in [3.05, 3.63) is 0 Å². The Bertz CT molecular complexity index is 22.5. The summed E-state index contributed by atoms with van der Waals surface area (Å²) in [5.41, 5.74) is 6.69. The Morgan fingerprint density at radius 3 is 1.75 bits per heavy atom. The van der Waals surface area contributed by atoms with Gasteiger partial charge in [0.1, 0.15) is 0 Å². The van der Waals surface area contributed by atoms with Gasteiger partial charge in [-0.2, -0.15) is 0 Å². The molecule has 1 heteroatoms. The second kappa shape index (κ2) is 0.462. The first-order valence-corrected chi connectivity index (χ1v) is 1.61. The van der Waals surface area contributed by atoms with Gasteiger partial charge in [0, 0.05) is 6.04 Å². The van der Waals surface area contributed by atoms with Crippen molar-refractivity contribution >= 4 is 0 Å². The third-order valence-corrected chi connectivity index (χ3v) is 0.577. The zero-order valence-corrected chi connectivity index (χ0v) is 2.49. The highest BCUT2D eigenvalue weighted by Crippen LogP contribution is 2.15. The van der Waals surface area contributed by atoms with Crippen molar-refractivity contribution in [1.29, 1.82) is 0 Å². The predicted molar refractivity (Wildman–Crippen MR) is 16.1 cm³/mol. The first kappa shape index (κ1) is 2.21. The molecule has 23 valence electrons. The first-order chi connectivity index (χ1) is 1.89. The van der Waals surface area contributed by atoms with E-state index in [0.717, 1.165) is 12.8 Å². The lowest BCUT2D eigenvalue weighted by Gasteiger charge is -1.55. The van der Waals surface area contributed by atoms with Gasteiger partial charge >= 0.3 is 0 Å².